The summed E-state index contributed by atoms with van der Waals surface area (Å²) in [5.74, 6) is -4.70. The first-order valence-corrected chi connectivity index (χ1v) is 8.72. The lowest BCUT2D eigenvalue weighted by Crippen LogP contribution is -2.39. The fourth-order valence-corrected chi connectivity index (χ4v) is 3.23. The molecule has 3 aromatic rings. The predicted molar refractivity (Wildman–Crippen MR) is 91.7 cm³/mol. The zero-order valence-electron chi connectivity index (χ0n) is 14.6. The Morgan fingerprint density at radius 2 is 2.00 bits per heavy atom. The van der Waals surface area contributed by atoms with Gasteiger partial charge in [-0.1, -0.05) is 11.2 Å². The lowest BCUT2D eigenvalue weighted by molar-refractivity contribution is 0.0697. The Balaban J connectivity index is 1.53. The van der Waals surface area contributed by atoms with Crippen molar-refractivity contribution in [1.29, 1.82) is 0 Å². The normalized spacial score (nSPS) is 17.0. The minimum atomic E-state index is -1.66. The van der Waals surface area contributed by atoms with Gasteiger partial charge in [-0.15, -0.1) is 0 Å². The summed E-state index contributed by atoms with van der Waals surface area (Å²) in [6.45, 7) is 0.594. The van der Waals surface area contributed by atoms with Crippen LogP contribution in [0.1, 0.15) is 34.9 Å². The van der Waals surface area contributed by atoms with E-state index < -0.39 is 28.9 Å². The van der Waals surface area contributed by atoms with E-state index in [0.29, 0.717) is 30.9 Å². The van der Waals surface area contributed by atoms with Crippen LogP contribution in [-0.4, -0.2) is 39.0 Å². The number of pyridine rings is 1. The van der Waals surface area contributed by atoms with Gasteiger partial charge < -0.3 is 9.42 Å². The number of halogens is 3. The molecule has 0 N–H and O–H groups in total. The van der Waals surface area contributed by atoms with Crippen molar-refractivity contribution in [1.82, 2.24) is 20.0 Å². The maximum atomic E-state index is 14.0. The van der Waals surface area contributed by atoms with Crippen LogP contribution in [0.4, 0.5) is 13.2 Å². The molecular formula is C19H15F3N4O2. The molecule has 6 nitrogen and oxygen atoms in total. The molecule has 4 rings (SSSR count). The minimum Gasteiger partial charge on any atom is -0.338 e. The minimum absolute atomic E-state index is 0.215. The Morgan fingerprint density at radius 3 is 2.79 bits per heavy atom. The quantitative estimate of drug-likeness (QED) is 0.642. The highest BCUT2D eigenvalue weighted by Gasteiger charge is 2.31. The molecule has 1 aliphatic rings. The van der Waals surface area contributed by atoms with Gasteiger partial charge in [-0.3, -0.25) is 9.78 Å². The van der Waals surface area contributed by atoms with E-state index in [1.54, 1.807) is 24.4 Å². The smallest absolute Gasteiger partial charge is 0.276 e. The van der Waals surface area contributed by atoms with E-state index in [-0.39, 0.29) is 18.4 Å². The van der Waals surface area contributed by atoms with Gasteiger partial charge in [0.05, 0.1) is 5.56 Å². The van der Waals surface area contributed by atoms with Crippen molar-refractivity contribution >= 4 is 5.91 Å². The molecule has 0 unspecified atom stereocenters. The number of nitrogens with zero attached hydrogens (tertiary/aromatic N) is 4. The van der Waals surface area contributed by atoms with Crippen molar-refractivity contribution in [2.75, 3.05) is 13.1 Å². The van der Waals surface area contributed by atoms with Gasteiger partial charge >= 0.3 is 0 Å². The van der Waals surface area contributed by atoms with Gasteiger partial charge in [-0.05, 0) is 37.1 Å². The second kappa shape index (κ2) is 7.41. The second-order valence-corrected chi connectivity index (χ2v) is 6.49. The largest absolute Gasteiger partial charge is 0.338 e. The summed E-state index contributed by atoms with van der Waals surface area (Å²) < 4.78 is 45.8. The molecule has 144 valence electrons. The Kier molecular flexibility index (Phi) is 4.81. The number of aromatic nitrogens is 3. The first-order chi connectivity index (χ1) is 13.5. The molecule has 0 aliphatic carbocycles. The molecule has 3 heterocycles. The number of hydrogen-bond donors (Lipinski definition) is 0. The molecule has 0 saturated carbocycles. The van der Waals surface area contributed by atoms with Crippen LogP contribution in [0.5, 0.6) is 0 Å². The van der Waals surface area contributed by atoms with Gasteiger partial charge in [0.1, 0.15) is 5.69 Å². The molecule has 1 atom stereocenters. The summed E-state index contributed by atoms with van der Waals surface area (Å²) in [5.41, 5.74) is 0.0377. The zero-order valence-corrected chi connectivity index (χ0v) is 14.6. The Labute approximate surface area is 158 Å². The van der Waals surface area contributed by atoms with Crippen LogP contribution in [-0.2, 0) is 0 Å². The van der Waals surface area contributed by atoms with Crippen molar-refractivity contribution in [2.45, 2.75) is 18.8 Å². The van der Waals surface area contributed by atoms with Crippen LogP contribution >= 0.6 is 0 Å². The van der Waals surface area contributed by atoms with Gasteiger partial charge in [-0.25, -0.2) is 13.2 Å². The number of carbonyl (C=O) groups excluding carboxylic acids is 1. The van der Waals surface area contributed by atoms with E-state index in [2.05, 4.69) is 15.1 Å². The van der Waals surface area contributed by atoms with Crippen LogP contribution in [0.3, 0.4) is 0 Å². The summed E-state index contributed by atoms with van der Waals surface area (Å²) in [4.78, 5) is 22.5. The molecule has 1 aromatic carbocycles. The lowest BCUT2D eigenvalue weighted by atomic mass is 9.96. The van der Waals surface area contributed by atoms with Gasteiger partial charge in [0, 0.05) is 25.2 Å². The topological polar surface area (TPSA) is 72.1 Å². The third-order valence-corrected chi connectivity index (χ3v) is 4.67. The monoisotopic (exact) mass is 388 g/mol. The molecule has 1 saturated heterocycles. The SMILES string of the molecule is O=C(c1ccc(F)c(F)c1F)N1CCC[C@H](c2noc(-c3ccccn3)n2)C1. The molecule has 0 spiro atoms. The van der Waals surface area contributed by atoms with Crippen LogP contribution in [0.25, 0.3) is 11.6 Å². The number of piperidine rings is 1. The predicted octanol–water partition coefficient (Wildman–Crippen LogP) is 3.57. The van der Waals surface area contributed by atoms with Gasteiger partial charge in [-0.2, -0.15) is 4.98 Å². The molecule has 2 aromatic heterocycles. The molecule has 0 radical (unpaired) electrons. The fraction of sp³-hybridized carbons (Fsp3) is 0.263. The van der Waals surface area contributed by atoms with Gasteiger partial charge in [0.2, 0.25) is 0 Å². The first-order valence-electron chi connectivity index (χ1n) is 8.72. The van der Waals surface area contributed by atoms with E-state index in [0.717, 1.165) is 12.1 Å². The molecule has 1 fully saturated rings. The van der Waals surface area contributed by atoms with E-state index in [1.165, 1.54) is 4.90 Å². The third kappa shape index (κ3) is 3.35. The van der Waals surface area contributed by atoms with Crippen molar-refractivity contribution in [3.05, 3.63) is 65.4 Å². The Morgan fingerprint density at radius 1 is 1.14 bits per heavy atom. The number of amides is 1. The van der Waals surface area contributed by atoms with Crippen molar-refractivity contribution in [2.24, 2.45) is 0 Å². The summed E-state index contributed by atoms with van der Waals surface area (Å²) in [6, 6.07) is 6.99. The van der Waals surface area contributed by atoms with Gasteiger partial charge in [0.15, 0.2) is 23.3 Å². The lowest BCUT2D eigenvalue weighted by Gasteiger charge is -2.31. The highest BCUT2D eigenvalue weighted by atomic mass is 19.2. The average molecular weight is 388 g/mol. The summed E-state index contributed by atoms with van der Waals surface area (Å²) in [5, 5.41) is 3.98. The number of hydrogen-bond acceptors (Lipinski definition) is 5. The molecule has 9 heteroatoms. The van der Waals surface area contributed by atoms with Crippen molar-refractivity contribution in [3.63, 3.8) is 0 Å². The zero-order chi connectivity index (χ0) is 19.7. The number of rotatable bonds is 3. The highest BCUT2D eigenvalue weighted by molar-refractivity contribution is 5.94. The molecule has 0 bridgehead atoms. The summed E-state index contributed by atoms with van der Waals surface area (Å²) in [7, 11) is 0. The first kappa shape index (κ1) is 18.1. The molecule has 1 amide bonds. The van der Waals surface area contributed by atoms with Crippen LogP contribution in [0.2, 0.25) is 0 Å². The van der Waals surface area contributed by atoms with Crippen molar-refractivity contribution in [3.8, 4) is 11.6 Å². The Hall–Kier alpha value is -3.23. The fourth-order valence-electron chi connectivity index (χ4n) is 3.23. The summed E-state index contributed by atoms with van der Waals surface area (Å²) >= 11 is 0. The standard InChI is InChI=1S/C19H15F3N4O2/c20-13-7-6-12(15(21)16(13)22)19(27)26-9-3-4-11(10-26)17-24-18(28-25-17)14-5-1-2-8-23-14/h1-2,5-8,11H,3-4,9-10H2/t11-/m0/s1. The maximum absolute atomic E-state index is 14.0. The number of likely N-dealkylation sites (tertiary alicyclic amines) is 1. The summed E-state index contributed by atoms with van der Waals surface area (Å²) in [6.07, 6.45) is 2.96. The molecule has 1 aliphatic heterocycles. The Bertz CT molecular complexity index is 1010. The molecule has 28 heavy (non-hydrogen) atoms. The maximum Gasteiger partial charge on any atom is 0.276 e. The number of carbonyl (C=O) groups is 1. The van der Waals surface area contributed by atoms with E-state index in [1.807, 2.05) is 0 Å². The van der Waals surface area contributed by atoms with Crippen LogP contribution < -0.4 is 0 Å². The third-order valence-electron chi connectivity index (χ3n) is 4.67. The van der Waals surface area contributed by atoms with E-state index >= 15 is 0 Å². The van der Waals surface area contributed by atoms with Gasteiger partial charge in [0.25, 0.3) is 11.8 Å². The average Bonchev–Trinajstić information content (AvgIpc) is 3.23. The van der Waals surface area contributed by atoms with E-state index in [4.69, 9.17) is 4.52 Å². The second-order valence-electron chi connectivity index (χ2n) is 6.49. The number of benzene rings is 1. The van der Waals surface area contributed by atoms with Crippen LogP contribution in [0, 0.1) is 17.5 Å². The highest BCUT2D eigenvalue weighted by Crippen LogP contribution is 2.28. The van der Waals surface area contributed by atoms with E-state index in [9.17, 15) is 18.0 Å². The van der Waals surface area contributed by atoms with Crippen LogP contribution in [0.15, 0.2) is 41.1 Å². The molecular weight excluding hydrogens is 373 g/mol. The van der Waals surface area contributed by atoms with Crippen molar-refractivity contribution < 1.29 is 22.5 Å².